The van der Waals surface area contributed by atoms with Crippen LogP contribution in [-0.2, 0) is 43.9 Å². The third kappa shape index (κ3) is 6.17. The minimum absolute atomic E-state index is 0. The Kier molecular flexibility index (Phi) is 7.59. The second kappa shape index (κ2) is 8.72. The van der Waals surface area contributed by atoms with Crippen LogP contribution in [0.15, 0.2) is 42.5 Å². The second-order valence-electron chi connectivity index (χ2n) is 5.97. The van der Waals surface area contributed by atoms with Crippen LogP contribution in [0.1, 0.15) is 30.0 Å². The molecule has 0 fully saturated rings. The Bertz CT molecular complexity index is 633. The van der Waals surface area contributed by atoms with Gasteiger partial charge in [-0.2, -0.15) is 23.8 Å². The quantitative estimate of drug-likeness (QED) is 0.775. The molecule has 2 N–H and O–H groups in total. The van der Waals surface area contributed by atoms with Gasteiger partial charge in [0.1, 0.15) is 5.60 Å². The monoisotopic (exact) mass is 385 g/mol. The molecule has 0 aliphatic heterocycles. The van der Waals surface area contributed by atoms with Crippen LogP contribution < -0.4 is 5.32 Å². The van der Waals surface area contributed by atoms with E-state index < -0.39 is 11.5 Å². The van der Waals surface area contributed by atoms with Crippen molar-refractivity contribution in [2.45, 2.75) is 39.2 Å². The van der Waals surface area contributed by atoms with Crippen molar-refractivity contribution in [1.29, 1.82) is 0 Å². The van der Waals surface area contributed by atoms with Gasteiger partial charge in [-0.05, 0) is 32.3 Å². The van der Waals surface area contributed by atoms with Crippen molar-refractivity contribution in [3.05, 3.63) is 65.2 Å². The van der Waals surface area contributed by atoms with Crippen LogP contribution in [0.3, 0.4) is 0 Å². The van der Waals surface area contributed by atoms with Crippen LogP contribution >= 0.6 is 0 Å². The minimum atomic E-state index is -1.41. The van der Waals surface area contributed by atoms with Crippen LogP contribution in [0.25, 0.3) is 0 Å². The Morgan fingerprint density at radius 2 is 1.83 bits per heavy atom. The van der Waals surface area contributed by atoms with Gasteiger partial charge in [0, 0.05) is 32.7 Å². The molecule has 0 aliphatic rings. The van der Waals surface area contributed by atoms with Crippen molar-refractivity contribution in [1.82, 2.24) is 0 Å². The molecule has 1 radical (unpaired) electrons. The fourth-order valence-corrected chi connectivity index (χ4v) is 2.10. The third-order valence-corrected chi connectivity index (χ3v) is 3.74. The predicted octanol–water partition coefficient (Wildman–Crippen LogP) is 3.42. The summed E-state index contributed by atoms with van der Waals surface area (Å²) < 4.78 is 0. The van der Waals surface area contributed by atoms with E-state index in [1.54, 1.807) is 19.1 Å². The fourth-order valence-electron chi connectivity index (χ4n) is 2.10. The predicted molar refractivity (Wildman–Crippen MR) is 88.8 cm³/mol. The Labute approximate surface area is 163 Å². The molecular weight excluding hydrogens is 363 g/mol. The molecule has 2 aromatic carbocycles. The summed E-state index contributed by atoms with van der Waals surface area (Å²) in [5.41, 5.74) is 2.55. The van der Waals surface area contributed by atoms with E-state index in [1.165, 1.54) is 5.56 Å². The van der Waals surface area contributed by atoms with Gasteiger partial charge >= 0.3 is 0 Å². The van der Waals surface area contributed by atoms with Crippen LogP contribution in [0.5, 0.6) is 0 Å². The van der Waals surface area contributed by atoms with Crippen molar-refractivity contribution in [3.8, 4) is 0 Å². The fraction of sp³-hybridized carbons (Fsp3) is 0.316. The molecule has 0 heterocycles. The van der Waals surface area contributed by atoms with Gasteiger partial charge in [0.2, 0.25) is 5.91 Å². The van der Waals surface area contributed by atoms with Crippen molar-refractivity contribution < 1.29 is 42.6 Å². The zero-order chi connectivity index (χ0) is 16.2. The summed E-state index contributed by atoms with van der Waals surface area (Å²) in [7, 11) is 0. The molecule has 1 amide bonds. The van der Waals surface area contributed by atoms with E-state index in [1.807, 2.05) is 44.2 Å². The summed E-state index contributed by atoms with van der Waals surface area (Å²) in [6, 6.07) is 16.5. The molecule has 2 rings (SSSR count). The number of carbonyl (C=O) groups excluding carboxylic acids is 1. The first-order valence-corrected chi connectivity index (χ1v) is 7.44. The van der Waals surface area contributed by atoms with Crippen molar-refractivity contribution in [2.75, 3.05) is 5.32 Å². The summed E-state index contributed by atoms with van der Waals surface area (Å²) in [5.74, 6) is -0.392. The number of nitrogens with one attached hydrogen (secondary N) is 1. The molecule has 0 aromatic heterocycles. The summed E-state index contributed by atoms with van der Waals surface area (Å²) in [6.45, 7) is 5.52. The van der Waals surface area contributed by atoms with Crippen molar-refractivity contribution >= 4 is 11.6 Å². The number of hydrogen-bond donors (Lipinski definition) is 2. The van der Waals surface area contributed by atoms with Crippen LogP contribution in [-0.4, -0.2) is 16.6 Å². The van der Waals surface area contributed by atoms with Gasteiger partial charge in [0.25, 0.3) is 0 Å². The van der Waals surface area contributed by atoms with E-state index in [4.69, 9.17) is 0 Å². The second-order valence-corrected chi connectivity index (χ2v) is 5.97. The largest absolute Gasteiger partial charge is 0.380 e. The number of carbonyl (C=O) groups is 1. The molecule has 119 valence electrons. The van der Waals surface area contributed by atoms with Gasteiger partial charge in [-0.15, -0.1) is 6.07 Å². The molecule has 3 nitrogen and oxygen atoms in total. The van der Waals surface area contributed by atoms with Gasteiger partial charge in [-0.1, -0.05) is 42.4 Å². The third-order valence-electron chi connectivity index (χ3n) is 3.74. The number of rotatable bonds is 5. The number of aryl methyl sites for hydroxylation is 3. The normalized spacial score (nSPS) is 12.9. The Morgan fingerprint density at radius 3 is 2.39 bits per heavy atom. The molecule has 0 aliphatic carbocycles. The summed E-state index contributed by atoms with van der Waals surface area (Å²) in [5, 5.41) is 13.1. The number of hydrogen-bond acceptors (Lipinski definition) is 2. The van der Waals surface area contributed by atoms with E-state index in [2.05, 4.69) is 11.4 Å². The minimum Gasteiger partial charge on any atom is -0.380 e. The first kappa shape index (κ1) is 20.0. The zero-order valence-electron chi connectivity index (χ0n) is 13.9. The molecular formula is C19H22NO2Y-. The van der Waals surface area contributed by atoms with Crippen LogP contribution in [0.4, 0.5) is 5.69 Å². The smallest absolute Gasteiger partial charge is 0.245 e. The molecule has 4 heteroatoms. The van der Waals surface area contributed by atoms with Gasteiger partial charge in [-0.25, -0.2) is 0 Å². The average Bonchev–Trinajstić information content (AvgIpc) is 2.49. The number of anilines is 1. The standard InChI is InChI=1S/C19H22NO2.Y/c1-14-4-8-16(9-5-14)12-13-19(3,22)18(21)20-17-10-6-15(2)7-11-17;/h4-6,8-11,22H,12-13H2,1-3H3,(H,20,21);/q-1;/t19-;/m0./s1. The first-order valence-electron chi connectivity index (χ1n) is 7.44. The van der Waals surface area contributed by atoms with Crippen molar-refractivity contribution in [2.24, 2.45) is 0 Å². The van der Waals surface area contributed by atoms with Crippen LogP contribution in [0.2, 0.25) is 0 Å². The van der Waals surface area contributed by atoms with E-state index in [-0.39, 0.29) is 32.7 Å². The number of aliphatic hydroxyl groups is 1. The average molecular weight is 385 g/mol. The topological polar surface area (TPSA) is 49.3 Å². The van der Waals surface area contributed by atoms with Crippen LogP contribution in [0, 0.1) is 19.9 Å². The van der Waals surface area contributed by atoms with Crippen molar-refractivity contribution in [3.63, 3.8) is 0 Å². The molecule has 23 heavy (non-hydrogen) atoms. The maximum absolute atomic E-state index is 12.2. The van der Waals surface area contributed by atoms with Gasteiger partial charge < -0.3 is 10.4 Å². The Hall–Kier alpha value is -1.03. The van der Waals surface area contributed by atoms with E-state index >= 15 is 0 Å². The summed E-state index contributed by atoms with van der Waals surface area (Å²) in [6.07, 6.45) is 1.03. The van der Waals surface area contributed by atoms with E-state index in [0.717, 1.165) is 11.1 Å². The molecule has 0 bridgehead atoms. The Balaban J connectivity index is 0.00000264. The molecule has 0 saturated heterocycles. The van der Waals surface area contributed by atoms with E-state index in [9.17, 15) is 9.90 Å². The van der Waals surface area contributed by atoms with Gasteiger partial charge in [0.05, 0.1) is 0 Å². The Morgan fingerprint density at radius 1 is 1.17 bits per heavy atom. The zero-order valence-corrected chi connectivity index (χ0v) is 16.7. The molecule has 1 atom stereocenters. The van der Waals surface area contributed by atoms with Gasteiger partial charge in [0.15, 0.2) is 0 Å². The molecule has 0 unspecified atom stereocenters. The molecule has 0 spiro atoms. The maximum atomic E-state index is 12.2. The maximum Gasteiger partial charge on any atom is 0.245 e. The summed E-state index contributed by atoms with van der Waals surface area (Å²) in [4.78, 5) is 12.2. The summed E-state index contributed by atoms with van der Waals surface area (Å²) >= 11 is 0. The first-order chi connectivity index (χ1) is 10.4. The molecule has 0 saturated carbocycles. The van der Waals surface area contributed by atoms with E-state index in [0.29, 0.717) is 18.5 Å². The number of amides is 1. The SMILES string of the molecule is Cc1[c-]cc(NC(=O)[C@@](C)(O)CCc2ccc(C)cc2)cc1.[Y]. The van der Waals surface area contributed by atoms with Gasteiger partial charge in [-0.3, -0.25) is 4.79 Å². The molecule has 2 aromatic rings. The number of benzene rings is 2.